The summed E-state index contributed by atoms with van der Waals surface area (Å²) in [7, 11) is 1.51. The van der Waals surface area contributed by atoms with E-state index in [0.717, 1.165) is 5.56 Å². The van der Waals surface area contributed by atoms with Gasteiger partial charge in [-0.2, -0.15) is 0 Å². The van der Waals surface area contributed by atoms with E-state index in [9.17, 15) is 14.4 Å². The number of aromatic amines is 1. The largest absolute Gasteiger partial charge is 0.329 e. The van der Waals surface area contributed by atoms with Crippen molar-refractivity contribution in [3.63, 3.8) is 0 Å². The molecule has 1 aliphatic heterocycles. The predicted octanol–water partition coefficient (Wildman–Crippen LogP) is 1.06. The first kappa shape index (κ1) is 18.4. The summed E-state index contributed by atoms with van der Waals surface area (Å²) in [4.78, 5) is 45.3. The average molecular weight is 400 g/mol. The van der Waals surface area contributed by atoms with Crippen LogP contribution < -0.4 is 16.6 Å². The van der Waals surface area contributed by atoms with Gasteiger partial charge in [-0.25, -0.2) is 9.78 Å². The van der Waals surface area contributed by atoms with Crippen molar-refractivity contribution in [1.82, 2.24) is 24.8 Å². The Balaban J connectivity index is 1.76. The molecule has 0 saturated carbocycles. The number of hydrogen-bond acceptors (Lipinski definition) is 5. The summed E-state index contributed by atoms with van der Waals surface area (Å²) in [5.74, 6) is -0.242. The van der Waals surface area contributed by atoms with Crippen LogP contribution in [0.1, 0.15) is 22.0 Å². The molecule has 1 atom stereocenters. The average Bonchev–Trinajstić information content (AvgIpc) is 2.71. The molecule has 1 unspecified atom stereocenters. The molecule has 2 N–H and O–H groups in total. The lowest BCUT2D eigenvalue weighted by Gasteiger charge is -2.37. The van der Waals surface area contributed by atoms with Crippen LogP contribution in [0, 0.1) is 0 Å². The molecule has 4 rings (SSSR count). The van der Waals surface area contributed by atoms with Crippen LogP contribution in [-0.2, 0) is 7.05 Å². The number of piperazine rings is 1. The van der Waals surface area contributed by atoms with E-state index in [1.54, 1.807) is 11.0 Å². The first-order valence-corrected chi connectivity index (χ1v) is 9.20. The summed E-state index contributed by atoms with van der Waals surface area (Å²) in [6.07, 6.45) is 1.40. The van der Waals surface area contributed by atoms with E-state index in [-0.39, 0.29) is 28.5 Å². The number of hydrogen-bond donors (Lipinski definition) is 2. The molecule has 9 heteroatoms. The van der Waals surface area contributed by atoms with Crippen LogP contribution in [-0.4, -0.2) is 45.0 Å². The summed E-state index contributed by atoms with van der Waals surface area (Å²) in [5.41, 5.74) is 0.260. The molecule has 1 aromatic carbocycles. The van der Waals surface area contributed by atoms with Crippen molar-refractivity contribution in [3.8, 4) is 0 Å². The fraction of sp³-hybridized carbons (Fsp3) is 0.263. The van der Waals surface area contributed by atoms with Gasteiger partial charge in [-0.15, -0.1) is 0 Å². The second-order valence-electron chi connectivity index (χ2n) is 6.65. The van der Waals surface area contributed by atoms with Gasteiger partial charge in [-0.05, 0) is 17.7 Å². The van der Waals surface area contributed by atoms with Gasteiger partial charge in [-0.3, -0.25) is 19.1 Å². The number of aryl methyl sites for hydroxylation is 1. The van der Waals surface area contributed by atoms with Crippen LogP contribution in [0.2, 0.25) is 5.02 Å². The fourth-order valence-corrected chi connectivity index (χ4v) is 3.75. The Hall–Kier alpha value is -2.97. The summed E-state index contributed by atoms with van der Waals surface area (Å²) >= 11 is 6.35. The van der Waals surface area contributed by atoms with Gasteiger partial charge in [0.05, 0.1) is 17.0 Å². The molecule has 1 saturated heterocycles. The van der Waals surface area contributed by atoms with Gasteiger partial charge in [-0.1, -0.05) is 29.8 Å². The Morgan fingerprint density at radius 1 is 1.29 bits per heavy atom. The molecule has 2 aromatic heterocycles. The summed E-state index contributed by atoms with van der Waals surface area (Å²) in [6, 6.07) is 8.68. The third-order valence-corrected chi connectivity index (χ3v) is 5.31. The van der Waals surface area contributed by atoms with E-state index < -0.39 is 11.2 Å². The zero-order valence-corrected chi connectivity index (χ0v) is 15.9. The number of halogens is 1. The molecule has 3 aromatic rings. The van der Waals surface area contributed by atoms with Crippen LogP contribution >= 0.6 is 11.6 Å². The maximum absolute atomic E-state index is 13.2. The number of pyridine rings is 1. The molecule has 0 bridgehead atoms. The van der Waals surface area contributed by atoms with Gasteiger partial charge in [0.25, 0.3) is 11.5 Å². The quantitative estimate of drug-likeness (QED) is 0.671. The maximum atomic E-state index is 13.2. The third kappa shape index (κ3) is 3.10. The topological polar surface area (TPSA) is 100 Å². The smallest absolute Gasteiger partial charge is 0.329 e. The van der Waals surface area contributed by atoms with Crippen molar-refractivity contribution in [1.29, 1.82) is 0 Å². The van der Waals surface area contributed by atoms with Crippen LogP contribution in [0.4, 0.5) is 0 Å². The zero-order valence-electron chi connectivity index (χ0n) is 15.1. The van der Waals surface area contributed by atoms with E-state index >= 15 is 0 Å². The van der Waals surface area contributed by atoms with E-state index in [1.165, 1.54) is 23.9 Å². The lowest BCUT2D eigenvalue weighted by atomic mass is 10.0. The Morgan fingerprint density at radius 2 is 2.07 bits per heavy atom. The molecular formula is C19H18ClN5O3. The standard InChI is InChI=1S/C19H18ClN5O3/c1-24-16-13(17(26)23-19(24)28)8-11(9-22-16)18(27)25-7-6-21-10-15(25)12-4-2-3-5-14(12)20/h2-5,8-9,15,21H,6-7,10H2,1H3,(H,23,26,28). The monoisotopic (exact) mass is 399 g/mol. The van der Waals surface area contributed by atoms with Crippen molar-refractivity contribution in [2.45, 2.75) is 6.04 Å². The Morgan fingerprint density at radius 3 is 2.86 bits per heavy atom. The molecule has 1 aliphatic rings. The highest BCUT2D eigenvalue weighted by molar-refractivity contribution is 6.31. The van der Waals surface area contributed by atoms with Crippen LogP contribution in [0.5, 0.6) is 0 Å². The number of nitrogens with zero attached hydrogens (tertiary/aromatic N) is 3. The number of nitrogens with one attached hydrogen (secondary N) is 2. The normalized spacial score (nSPS) is 17.1. The highest BCUT2D eigenvalue weighted by Crippen LogP contribution is 2.29. The van der Waals surface area contributed by atoms with Crippen molar-refractivity contribution in [2.75, 3.05) is 19.6 Å². The molecule has 0 spiro atoms. The number of fused-ring (bicyclic) bond motifs is 1. The molecule has 1 fully saturated rings. The molecule has 0 radical (unpaired) electrons. The second kappa shape index (κ2) is 7.21. The molecule has 144 valence electrons. The number of amides is 1. The van der Waals surface area contributed by atoms with Crippen LogP contribution in [0.25, 0.3) is 11.0 Å². The molecule has 8 nitrogen and oxygen atoms in total. The molecule has 28 heavy (non-hydrogen) atoms. The van der Waals surface area contributed by atoms with Crippen molar-refractivity contribution in [3.05, 3.63) is 73.5 Å². The SMILES string of the molecule is Cn1c(=O)[nH]c(=O)c2cc(C(=O)N3CCNCC3c3ccccc3Cl)cnc21. The van der Waals surface area contributed by atoms with Gasteiger partial charge in [0.2, 0.25) is 0 Å². The number of H-pyrrole nitrogens is 1. The maximum Gasteiger partial charge on any atom is 0.329 e. The van der Waals surface area contributed by atoms with Gasteiger partial charge < -0.3 is 10.2 Å². The minimum Gasteiger partial charge on any atom is -0.329 e. The Kier molecular flexibility index (Phi) is 4.74. The minimum absolute atomic E-state index is 0.192. The first-order valence-electron chi connectivity index (χ1n) is 8.82. The van der Waals surface area contributed by atoms with Crippen LogP contribution in [0.15, 0.2) is 46.1 Å². The summed E-state index contributed by atoms with van der Waals surface area (Å²) in [6.45, 7) is 1.73. The van der Waals surface area contributed by atoms with E-state index in [1.807, 2.05) is 18.2 Å². The molecule has 0 aliphatic carbocycles. The summed E-state index contributed by atoms with van der Waals surface area (Å²) < 4.78 is 1.24. The highest BCUT2D eigenvalue weighted by Gasteiger charge is 2.30. The lowest BCUT2D eigenvalue weighted by Crippen LogP contribution is -2.48. The van der Waals surface area contributed by atoms with Crippen molar-refractivity contribution >= 4 is 28.5 Å². The second-order valence-corrected chi connectivity index (χ2v) is 7.06. The van der Waals surface area contributed by atoms with Gasteiger partial charge >= 0.3 is 5.69 Å². The van der Waals surface area contributed by atoms with Gasteiger partial charge in [0.15, 0.2) is 0 Å². The molecule has 3 heterocycles. The Bertz CT molecular complexity index is 1190. The zero-order chi connectivity index (χ0) is 19.8. The third-order valence-electron chi connectivity index (χ3n) is 4.97. The van der Waals surface area contributed by atoms with E-state index in [0.29, 0.717) is 24.7 Å². The lowest BCUT2D eigenvalue weighted by molar-refractivity contribution is 0.0634. The number of aromatic nitrogens is 3. The number of rotatable bonds is 2. The first-order chi connectivity index (χ1) is 13.5. The molecule has 1 amide bonds. The van der Waals surface area contributed by atoms with E-state index in [4.69, 9.17) is 11.6 Å². The van der Waals surface area contributed by atoms with Crippen molar-refractivity contribution in [2.24, 2.45) is 7.05 Å². The highest BCUT2D eigenvalue weighted by atomic mass is 35.5. The summed E-state index contributed by atoms with van der Waals surface area (Å²) in [5, 5.41) is 4.07. The van der Waals surface area contributed by atoms with E-state index in [2.05, 4.69) is 15.3 Å². The number of benzene rings is 1. The Labute approximate surface area is 164 Å². The molecular weight excluding hydrogens is 382 g/mol. The number of carbonyl (C=O) groups excluding carboxylic acids is 1. The van der Waals surface area contributed by atoms with Gasteiger partial charge in [0.1, 0.15) is 5.65 Å². The van der Waals surface area contributed by atoms with Gasteiger partial charge in [0, 0.05) is 37.9 Å². The van der Waals surface area contributed by atoms with Crippen LogP contribution in [0.3, 0.4) is 0 Å². The fourth-order valence-electron chi connectivity index (χ4n) is 3.49. The predicted molar refractivity (Wildman–Crippen MR) is 106 cm³/mol. The number of carbonyl (C=O) groups is 1. The van der Waals surface area contributed by atoms with Crippen molar-refractivity contribution < 1.29 is 4.79 Å². The minimum atomic E-state index is -0.566.